The fourth-order valence-corrected chi connectivity index (χ4v) is 4.47. The van der Waals surface area contributed by atoms with Crippen LogP contribution in [0, 0.1) is 5.92 Å². The first kappa shape index (κ1) is 22.5. The number of hydrogen-bond acceptors (Lipinski definition) is 6. The molecule has 178 valence electrons. The molecule has 4 aromatic rings. The number of para-hydroxylation sites is 2. The number of aromatic nitrogens is 2. The van der Waals surface area contributed by atoms with Crippen molar-refractivity contribution in [3.05, 3.63) is 84.3 Å². The summed E-state index contributed by atoms with van der Waals surface area (Å²) >= 11 is 0. The van der Waals surface area contributed by atoms with Crippen molar-refractivity contribution in [1.82, 2.24) is 9.97 Å². The van der Waals surface area contributed by atoms with Crippen LogP contribution in [0.15, 0.2) is 73.1 Å². The molecule has 0 bridgehead atoms. The number of nitrogens with two attached hydrogens (primary N) is 1. The lowest BCUT2D eigenvalue weighted by molar-refractivity contribution is 0.103. The van der Waals surface area contributed by atoms with Gasteiger partial charge in [0, 0.05) is 47.6 Å². The Morgan fingerprint density at radius 3 is 2.60 bits per heavy atom. The molecule has 5 rings (SSSR count). The molecule has 2 aromatic heterocycles. The second-order valence-electron chi connectivity index (χ2n) is 8.73. The molecule has 0 unspecified atom stereocenters. The van der Waals surface area contributed by atoms with Crippen LogP contribution in [0.4, 0.5) is 21.9 Å². The van der Waals surface area contributed by atoms with E-state index in [0.29, 0.717) is 29.5 Å². The van der Waals surface area contributed by atoms with Crippen LogP contribution >= 0.6 is 0 Å². The van der Waals surface area contributed by atoms with Gasteiger partial charge in [-0.15, -0.1) is 0 Å². The fourth-order valence-electron chi connectivity index (χ4n) is 4.47. The minimum Gasteiger partial charge on any atom is -0.449 e. The number of H-pyrrole nitrogens is 1. The Morgan fingerprint density at radius 2 is 1.83 bits per heavy atom. The summed E-state index contributed by atoms with van der Waals surface area (Å²) < 4.78 is 5.48. The Balaban J connectivity index is 1.17. The molecule has 1 fully saturated rings. The number of ketones is 1. The highest BCUT2D eigenvalue weighted by molar-refractivity contribution is 6.14. The molecule has 35 heavy (non-hydrogen) atoms. The molecule has 4 N–H and O–H groups in total. The van der Waals surface area contributed by atoms with Crippen molar-refractivity contribution in [2.45, 2.75) is 12.8 Å². The number of rotatable bonds is 6. The largest absolute Gasteiger partial charge is 0.449 e. The lowest BCUT2D eigenvalue weighted by Crippen LogP contribution is -2.35. The maximum absolute atomic E-state index is 13.1. The molecular weight excluding hydrogens is 442 g/mol. The lowest BCUT2D eigenvalue weighted by Gasteiger charge is -2.33. The number of hydrogen-bond donors (Lipinski definition) is 3. The van der Waals surface area contributed by atoms with Crippen LogP contribution in [0.5, 0.6) is 0 Å². The number of nitrogen functional groups attached to an aromatic ring is 1. The van der Waals surface area contributed by atoms with Gasteiger partial charge in [-0.25, -0.2) is 4.79 Å². The lowest BCUT2D eigenvalue weighted by atomic mass is 9.97. The van der Waals surface area contributed by atoms with E-state index in [2.05, 4.69) is 20.2 Å². The molecule has 1 amide bonds. The van der Waals surface area contributed by atoms with E-state index in [1.165, 1.54) is 0 Å². The van der Waals surface area contributed by atoms with Crippen molar-refractivity contribution < 1.29 is 14.3 Å². The maximum Gasteiger partial charge on any atom is 0.411 e. The van der Waals surface area contributed by atoms with Crippen LogP contribution in [-0.4, -0.2) is 41.5 Å². The predicted octanol–water partition coefficient (Wildman–Crippen LogP) is 4.84. The van der Waals surface area contributed by atoms with Gasteiger partial charge >= 0.3 is 6.09 Å². The smallest absolute Gasteiger partial charge is 0.411 e. The van der Waals surface area contributed by atoms with Gasteiger partial charge < -0.3 is 20.4 Å². The van der Waals surface area contributed by atoms with Crippen LogP contribution in [0.25, 0.3) is 10.9 Å². The highest BCUT2D eigenvalue weighted by atomic mass is 16.5. The van der Waals surface area contributed by atoms with Crippen molar-refractivity contribution in [2.75, 3.05) is 35.6 Å². The summed E-state index contributed by atoms with van der Waals surface area (Å²) in [7, 11) is 0. The van der Waals surface area contributed by atoms with Crippen molar-refractivity contribution in [1.29, 1.82) is 0 Å². The molecule has 0 atom stereocenters. The molecule has 1 aliphatic rings. The summed E-state index contributed by atoms with van der Waals surface area (Å²) in [4.78, 5) is 35.0. The molecular formula is C27H27N5O3. The SMILES string of the molecule is Nc1c(NC(=O)OCC2CCN(c3ccncc3)CC2)cccc1C(=O)c1cc2ccccc2[nH]1. The number of carbonyl (C=O) groups excluding carboxylic acids is 2. The Labute approximate surface area is 203 Å². The fraction of sp³-hybridized carbons (Fsp3) is 0.222. The van der Waals surface area contributed by atoms with E-state index in [0.717, 1.165) is 42.5 Å². The van der Waals surface area contributed by atoms with E-state index in [1.807, 2.05) is 36.4 Å². The summed E-state index contributed by atoms with van der Waals surface area (Å²) in [5, 5.41) is 3.64. The Bertz CT molecular complexity index is 1310. The molecule has 0 radical (unpaired) electrons. The number of nitrogens with zero attached hydrogens (tertiary/aromatic N) is 2. The second kappa shape index (κ2) is 9.89. The number of nitrogens with one attached hydrogen (secondary N) is 2. The predicted molar refractivity (Wildman–Crippen MR) is 137 cm³/mol. The Hall–Kier alpha value is -4.33. The van der Waals surface area contributed by atoms with Gasteiger partial charge in [-0.3, -0.25) is 15.1 Å². The number of fused-ring (bicyclic) bond motifs is 1. The summed E-state index contributed by atoms with van der Waals surface area (Å²) in [5.74, 6) is 0.0581. The van der Waals surface area contributed by atoms with Gasteiger partial charge in [0.2, 0.25) is 5.78 Å². The van der Waals surface area contributed by atoms with Gasteiger partial charge in [-0.1, -0.05) is 24.3 Å². The van der Waals surface area contributed by atoms with Gasteiger partial charge in [-0.2, -0.15) is 0 Å². The van der Waals surface area contributed by atoms with Crippen molar-refractivity contribution >= 4 is 39.8 Å². The summed E-state index contributed by atoms with van der Waals surface area (Å²) in [5.41, 5.74) is 9.61. The molecule has 1 saturated heterocycles. The first-order valence-electron chi connectivity index (χ1n) is 11.7. The van der Waals surface area contributed by atoms with Crippen LogP contribution in [0.1, 0.15) is 28.9 Å². The van der Waals surface area contributed by atoms with Crippen LogP contribution in [-0.2, 0) is 4.74 Å². The normalized spacial score (nSPS) is 14.1. The first-order chi connectivity index (χ1) is 17.1. The topological polar surface area (TPSA) is 113 Å². The van der Waals surface area contributed by atoms with E-state index in [9.17, 15) is 9.59 Å². The van der Waals surface area contributed by atoms with Crippen molar-refractivity contribution in [3.63, 3.8) is 0 Å². The van der Waals surface area contributed by atoms with E-state index < -0.39 is 6.09 Å². The minimum absolute atomic E-state index is 0.207. The van der Waals surface area contributed by atoms with Gasteiger partial charge in [0.1, 0.15) is 0 Å². The van der Waals surface area contributed by atoms with E-state index in [1.54, 1.807) is 36.7 Å². The standard InChI is InChI=1S/C27H27N5O3/c28-25-21(26(33)24-16-19-4-1-2-6-22(19)30-24)5-3-7-23(25)31-27(34)35-17-18-10-14-32(15-11-18)20-8-12-29-13-9-20/h1-9,12-13,16,18,30H,10-11,14-15,17,28H2,(H,31,34). The van der Waals surface area contributed by atoms with Crippen molar-refractivity contribution in [3.8, 4) is 0 Å². The molecule has 0 saturated carbocycles. The van der Waals surface area contributed by atoms with E-state index in [-0.39, 0.29) is 11.5 Å². The Morgan fingerprint density at radius 1 is 1.06 bits per heavy atom. The number of amides is 1. The molecule has 8 nitrogen and oxygen atoms in total. The number of piperidine rings is 1. The third kappa shape index (κ3) is 4.96. The quantitative estimate of drug-likeness (QED) is 0.275. The molecule has 0 spiro atoms. The zero-order valence-electron chi connectivity index (χ0n) is 19.2. The van der Waals surface area contributed by atoms with Crippen molar-refractivity contribution in [2.24, 2.45) is 5.92 Å². The zero-order valence-corrected chi connectivity index (χ0v) is 19.2. The summed E-state index contributed by atoms with van der Waals surface area (Å²) in [6.07, 6.45) is 4.88. The second-order valence-corrected chi connectivity index (χ2v) is 8.73. The zero-order chi connectivity index (χ0) is 24.2. The summed E-state index contributed by atoms with van der Waals surface area (Å²) in [6.45, 7) is 2.15. The van der Waals surface area contributed by atoms with Crippen LogP contribution in [0.3, 0.4) is 0 Å². The molecule has 3 heterocycles. The summed E-state index contributed by atoms with van der Waals surface area (Å²) in [6, 6.07) is 18.5. The van der Waals surface area contributed by atoms with E-state index >= 15 is 0 Å². The van der Waals surface area contributed by atoms with Crippen LogP contribution < -0.4 is 16.0 Å². The molecule has 0 aliphatic carbocycles. The average molecular weight is 470 g/mol. The number of carbonyl (C=O) groups is 2. The third-order valence-corrected chi connectivity index (χ3v) is 6.45. The van der Waals surface area contributed by atoms with Gasteiger partial charge in [0.05, 0.1) is 23.7 Å². The highest BCUT2D eigenvalue weighted by Crippen LogP contribution is 2.27. The van der Waals surface area contributed by atoms with Gasteiger partial charge in [0.15, 0.2) is 0 Å². The first-order valence-corrected chi connectivity index (χ1v) is 11.7. The molecule has 8 heteroatoms. The Kier molecular flexibility index (Phi) is 6.34. The number of anilines is 3. The maximum atomic E-state index is 13.1. The molecule has 2 aromatic carbocycles. The highest BCUT2D eigenvalue weighted by Gasteiger charge is 2.22. The number of ether oxygens (including phenoxy) is 1. The average Bonchev–Trinajstić information content (AvgIpc) is 3.34. The number of aromatic amines is 1. The monoisotopic (exact) mass is 469 g/mol. The van der Waals surface area contributed by atoms with E-state index in [4.69, 9.17) is 10.5 Å². The third-order valence-electron chi connectivity index (χ3n) is 6.45. The van der Waals surface area contributed by atoms with Crippen LogP contribution in [0.2, 0.25) is 0 Å². The van der Waals surface area contributed by atoms with Gasteiger partial charge in [-0.05, 0) is 55.2 Å². The minimum atomic E-state index is -0.580. The van der Waals surface area contributed by atoms with Gasteiger partial charge in [0.25, 0.3) is 0 Å². The number of benzene rings is 2. The molecule has 1 aliphatic heterocycles. The number of pyridine rings is 1.